The van der Waals surface area contributed by atoms with Crippen molar-refractivity contribution in [2.75, 3.05) is 0 Å². The molecule has 0 fully saturated rings. The van der Waals surface area contributed by atoms with Gasteiger partial charge < -0.3 is 18.1 Å². The third-order valence-electron chi connectivity index (χ3n) is 1.83. The molecular weight excluding hydrogens is 296 g/mol. The van der Waals surface area contributed by atoms with E-state index in [1.807, 2.05) is 39.3 Å². The van der Waals surface area contributed by atoms with Crippen LogP contribution in [0.3, 0.4) is 0 Å². The second-order valence-electron chi connectivity index (χ2n) is 6.47. The lowest BCUT2D eigenvalue weighted by atomic mass is 10.7. The van der Waals surface area contributed by atoms with Gasteiger partial charge in [0, 0.05) is 6.08 Å². The first kappa shape index (κ1) is 18.7. The van der Waals surface area contributed by atoms with Gasteiger partial charge in [-0.25, -0.2) is 4.79 Å². The molecule has 1 atom stereocenters. The molecule has 0 heterocycles. The van der Waals surface area contributed by atoms with Crippen molar-refractivity contribution in [1.82, 2.24) is 0 Å². The summed E-state index contributed by atoms with van der Waals surface area (Å²) < 4.78 is 16.8. The first-order valence-corrected chi connectivity index (χ1v) is 15.5. The van der Waals surface area contributed by atoms with E-state index in [4.69, 9.17) is 13.3 Å². The summed E-state index contributed by atoms with van der Waals surface area (Å²) in [5.41, 5.74) is 0. The Bertz CT molecular complexity index is 314. The molecule has 0 bridgehead atoms. The number of rotatable bonds is 7. The van der Waals surface area contributed by atoms with Crippen molar-refractivity contribution in [3.63, 3.8) is 0 Å². The van der Waals surface area contributed by atoms with Crippen molar-refractivity contribution < 1.29 is 22.9 Å². The van der Waals surface area contributed by atoms with Gasteiger partial charge in [0.05, 0.1) is 0 Å². The summed E-state index contributed by atoms with van der Waals surface area (Å²) in [6.45, 7) is 16.8. The minimum absolute atomic E-state index is 0.653. The molecule has 0 saturated carbocycles. The van der Waals surface area contributed by atoms with Gasteiger partial charge >= 0.3 is 14.5 Å². The van der Waals surface area contributed by atoms with E-state index in [-0.39, 0.29) is 0 Å². The van der Waals surface area contributed by atoms with Crippen molar-refractivity contribution in [2.45, 2.75) is 51.7 Å². The Balaban J connectivity index is 5.09. The van der Waals surface area contributed by atoms with E-state index >= 15 is 0 Å². The fraction of sp³-hybridized carbons (Fsp3) is 0.727. The predicted octanol–water partition coefficient (Wildman–Crippen LogP) is 2.35. The van der Waals surface area contributed by atoms with Gasteiger partial charge in [0.25, 0.3) is 0 Å². The topological polar surface area (TPSA) is 65.0 Å². The van der Waals surface area contributed by atoms with Gasteiger partial charge in [0.2, 0.25) is 0 Å². The van der Waals surface area contributed by atoms with Crippen molar-refractivity contribution >= 4 is 31.2 Å². The summed E-state index contributed by atoms with van der Waals surface area (Å²) in [6.07, 6.45) is 1.03. The van der Waals surface area contributed by atoms with E-state index < -0.39 is 37.1 Å². The van der Waals surface area contributed by atoms with E-state index in [9.17, 15) is 9.59 Å². The maximum Gasteiger partial charge on any atom is 0.451 e. The van der Waals surface area contributed by atoms with E-state index in [0.29, 0.717) is 0 Å². The second kappa shape index (κ2) is 6.46. The lowest BCUT2D eigenvalue weighted by molar-refractivity contribution is -0.132. The Morgan fingerprint density at radius 2 is 1.42 bits per heavy atom. The summed E-state index contributed by atoms with van der Waals surface area (Å²) in [6, 6.07) is 0. The monoisotopic (exact) mass is 322 g/mol. The molecule has 112 valence electrons. The molecular formula is C11H26O5Si3. The Morgan fingerprint density at radius 3 is 1.68 bits per heavy atom. The van der Waals surface area contributed by atoms with Crippen molar-refractivity contribution in [3.05, 3.63) is 12.7 Å². The average molecular weight is 323 g/mol. The molecule has 8 heteroatoms. The van der Waals surface area contributed by atoms with Crippen LogP contribution in [0.25, 0.3) is 0 Å². The number of hydrogen-bond acceptors (Lipinski definition) is 5. The van der Waals surface area contributed by atoms with Crippen LogP contribution in [-0.4, -0.2) is 41.9 Å². The van der Waals surface area contributed by atoms with Crippen LogP contribution in [0.1, 0.15) is 0 Å². The van der Waals surface area contributed by atoms with Crippen molar-refractivity contribution in [2.24, 2.45) is 0 Å². The minimum Gasteiger partial charge on any atom is -0.488 e. The molecule has 0 aliphatic rings. The molecule has 0 radical (unpaired) electrons. The number of carbonyl (C=O) groups is 1. The molecule has 0 rings (SSSR count). The van der Waals surface area contributed by atoms with Gasteiger partial charge in [-0.2, -0.15) is 0 Å². The van der Waals surface area contributed by atoms with E-state index in [1.54, 1.807) is 0 Å². The fourth-order valence-electron chi connectivity index (χ4n) is 1.18. The van der Waals surface area contributed by atoms with Gasteiger partial charge in [-0.05, 0) is 45.8 Å². The third-order valence-corrected chi connectivity index (χ3v) is 5.87. The molecule has 0 amide bonds. The van der Waals surface area contributed by atoms with Crippen molar-refractivity contribution in [3.8, 4) is 0 Å². The highest BCUT2D eigenvalue weighted by atomic mass is 28.4. The molecule has 0 aromatic carbocycles. The molecule has 0 aromatic rings. The summed E-state index contributed by atoms with van der Waals surface area (Å²) in [5, 5.41) is 0. The lowest BCUT2D eigenvalue weighted by Crippen LogP contribution is -2.58. The summed E-state index contributed by atoms with van der Waals surface area (Å²) >= 11 is 0. The Kier molecular flexibility index (Phi) is 6.37. The number of hydrogen-bond donors (Lipinski definition) is 1. The van der Waals surface area contributed by atoms with Crippen LogP contribution in [-0.2, 0) is 18.1 Å². The highest BCUT2D eigenvalue weighted by Gasteiger charge is 2.47. The minimum atomic E-state index is -3.43. The van der Waals surface area contributed by atoms with E-state index in [1.165, 1.54) is 6.55 Å². The first-order valence-electron chi connectivity index (χ1n) is 6.20. The average Bonchev–Trinajstić information content (AvgIpc) is 2.11. The van der Waals surface area contributed by atoms with Gasteiger partial charge in [-0.15, -0.1) is 0 Å². The van der Waals surface area contributed by atoms with Gasteiger partial charge in [-0.3, -0.25) is 0 Å². The van der Waals surface area contributed by atoms with Gasteiger partial charge in [-0.1, -0.05) is 6.58 Å². The van der Waals surface area contributed by atoms with Crippen LogP contribution in [0.5, 0.6) is 0 Å². The Hall–Kier alpha value is -0.259. The van der Waals surface area contributed by atoms with Crippen molar-refractivity contribution in [1.29, 1.82) is 0 Å². The summed E-state index contributed by atoms with van der Waals surface area (Å²) in [7, 11) is -7.30. The molecule has 0 spiro atoms. The van der Waals surface area contributed by atoms with Gasteiger partial charge in [0.15, 0.2) is 22.5 Å². The number of carbonyl (C=O) groups excluding carboxylic acids is 1. The van der Waals surface area contributed by atoms with Crippen LogP contribution in [0, 0.1) is 0 Å². The van der Waals surface area contributed by atoms with Crippen LogP contribution in [0.15, 0.2) is 12.7 Å². The molecule has 0 aliphatic carbocycles. The predicted molar refractivity (Wildman–Crippen MR) is 82.8 cm³/mol. The molecule has 1 N–H and O–H groups in total. The lowest BCUT2D eigenvalue weighted by Gasteiger charge is -2.36. The Labute approximate surface area is 119 Å². The van der Waals surface area contributed by atoms with Crippen LogP contribution in [0.2, 0.25) is 45.8 Å². The molecule has 1 unspecified atom stereocenters. The maximum absolute atomic E-state index is 11.3. The highest BCUT2D eigenvalue weighted by Crippen LogP contribution is 2.21. The smallest absolute Gasteiger partial charge is 0.451 e. The van der Waals surface area contributed by atoms with Crippen LogP contribution >= 0.6 is 0 Å². The summed E-state index contributed by atoms with van der Waals surface area (Å²) in [5.74, 6) is -1.50. The molecule has 19 heavy (non-hydrogen) atoms. The van der Waals surface area contributed by atoms with E-state index in [2.05, 4.69) is 6.58 Å². The zero-order valence-electron chi connectivity index (χ0n) is 12.9. The summed E-state index contributed by atoms with van der Waals surface area (Å²) in [4.78, 5) is 21.8. The zero-order chi connectivity index (χ0) is 15.5. The zero-order valence-corrected chi connectivity index (χ0v) is 15.9. The second-order valence-corrected chi connectivity index (χ2v) is 18.2. The molecule has 0 aliphatic heterocycles. The van der Waals surface area contributed by atoms with Crippen LogP contribution in [0.4, 0.5) is 0 Å². The molecule has 5 nitrogen and oxygen atoms in total. The standard InChI is InChI=1S/C11H26O5Si3/c1-9-10(12)14-19(8,13)11(15-17(2,3)4)16-18(5,6)7/h9,11,13H,1H2,2-8H3. The SMILES string of the molecule is C=CC(=O)O[Si](C)(O)C(O[Si](C)(C)C)O[Si](C)(C)C. The van der Waals surface area contributed by atoms with Gasteiger partial charge in [0.1, 0.15) is 0 Å². The normalized spacial score (nSPS) is 16.1. The third kappa shape index (κ3) is 8.50. The largest absolute Gasteiger partial charge is 0.488 e. The fourth-order valence-corrected chi connectivity index (χ4v) is 7.11. The highest BCUT2D eigenvalue weighted by molar-refractivity contribution is 6.75. The first-order chi connectivity index (χ1) is 8.27. The quantitative estimate of drug-likeness (QED) is 0.443. The maximum atomic E-state index is 11.3. The molecule has 0 aromatic heterocycles. The molecule has 0 saturated heterocycles. The Morgan fingerprint density at radius 1 is 1.05 bits per heavy atom. The van der Waals surface area contributed by atoms with E-state index in [0.717, 1.165) is 6.08 Å². The van der Waals surface area contributed by atoms with Crippen LogP contribution < -0.4 is 0 Å².